The molecule has 10 nitrogen and oxygen atoms in total. The van der Waals surface area contributed by atoms with Gasteiger partial charge in [0.2, 0.25) is 0 Å². The number of carbonyl (C=O) groups excluding carboxylic acids is 3. The van der Waals surface area contributed by atoms with Crippen LogP contribution in [0, 0.1) is 34.0 Å². The van der Waals surface area contributed by atoms with E-state index in [2.05, 4.69) is 0 Å². The number of epoxide rings is 1. The highest BCUT2D eigenvalue weighted by Gasteiger charge is 2.99. The number of aliphatic hydroxyl groups is 3. The molecule has 2 spiro atoms. The van der Waals surface area contributed by atoms with Crippen molar-refractivity contribution in [1.29, 1.82) is 0 Å². The average molecular weight is 517 g/mol. The van der Waals surface area contributed by atoms with Crippen molar-refractivity contribution in [3.8, 4) is 0 Å². The van der Waals surface area contributed by atoms with E-state index in [0.29, 0.717) is 18.4 Å². The molecule has 0 aromatic carbocycles. The van der Waals surface area contributed by atoms with Gasteiger partial charge >= 0.3 is 11.9 Å². The predicted octanol–water partition coefficient (Wildman–Crippen LogP) is 1.06. The van der Waals surface area contributed by atoms with Crippen molar-refractivity contribution < 1.29 is 48.3 Å². The van der Waals surface area contributed by atoms with Gasteiger partial charge in [0.15, 0.2) is 11.9 Å². The predicted molar refractivity (Wildman–Crippen MR) is 121 cm³/mol. The van der Waals surface area contributed by atoms with Crippen LogP contribution in [0.15, 0.2) is 23.0 Å². The lowest BCUT2D eigenvalue weighted by Crippen LogP contribution is -2.64. The Balaban J connectivity index is 1.45. The Labute approximate surface area is 213 Å². The van der Waals surface area contributed by atoms with E-state index >= 15 is 0 Å². The van der Waals surface area contributed by atoms with Crippen molar-refractivity contribution in [3.63, 3.8) is 0 Å². The first kappa shape index (κ1) is 23.8. The van der Waals surface area contributed by atoms with Crippen molar-refractivity contribution in [2.24, 2.45) is 34.0 Å². The molecular weight excluding hydrogens is 484 g/mol. The van der Waals surface area contributed by atoms with Crippen molar-refractivity contribution in [2.75, 3.05) is 7.11 Å². The number of aliphatic hydroxyl groups excluding tert-OH is 2. The highest BCUT2D eigenvalue weighted by Crippen LogP contribution is 2.88. The molecular formula is C27H32O10. The minimum atomic E-state index is -1.66. The van der Waals surface area contributed by atoms with E-state index in [9.17, 15) is 29.7 Å². The number of hydrogen-bond acceptors (Lipinski definition) is 10. The number of ether oxygens (including phenoxy) is 3. The third-order valence-corrected chi connectivity index (χ3v) is 11.9. The fraction of sp³-hybridized carbons (Fsp3) is 0.741. The summed E-state index contributed by atoms with van der Waals surface area (Å²) in [5.41, 5.74) is -6.52. The molecule has 0 radical (unpaired) electrons. The molecule has 2 saturated heterocycles. The molecule has 10 heteroatoms. The van der Waals surface area contributed by atoms with Crippen LogP contribution in [0.4, 0.5) is 0 Å². The molecule has 3 N–H and O–H groups in total. The summed E-state index contributed by atoms with van der Waals surface area (Å²) in [6.45, 7) is 5.44. The fourth-order valence-corrected chi connectivity index (χ4v) is 10.6. The summed E-state index contributed by atoms with van der Waals surface area (Å²) in [6.07, 6.45) is 0.133. The molecule has 4 saturated carbocycles. The van der Waals surface area contributed by atoms with Gasteiger partial charge in [-0.3, -0.25) is 9.59 Å². The molecule has 4 aliphatic carbocycles. The van der Waals surface area contributed by atoms with Crippen LogP contribution in [0.2, 0.25) is 0 Å². The number of rotatable bonds is 3. The number of furan rings is 1. The maximum Gasteiger partial charge on any atom is 0.335 e. The van der Waals surface area contributed by atoms with Gasteiger partial charge in [-0.15, -0.1) is 0 Å². The lowest BCUT2D eigenvalue weighted by Gasteiger charge is -2.54. The first-order valence-corrected chi connectivity index (χ1v) is 12.9. The summed E-state index contributed by atoms with van der Waals surface area (Å²) >= 11 is 0. The summed E-state index contributed by atoms with van der Waals surface area (Å²) in [5, 5.41) is 35.2. The minimum absolute atomic E-state index is 0.0107. The normalized spacial score (nSPS) is 55.6. The molecule has 2 bridgehead atoms. The van der Waals surface area contributed by atoms with E-state index in [1.54, 1.807) is 19.9 Å². The number of fused-ring (bicyclic) bond motifs is 2. The van der Waals surface area contributed by atoms with E-state index in [1.165, 1.54) is 19.6 Å². The SMILES string of the molecule is COC(=O)[C@@H](O)[C@H]1[C@]2(C)C[C@@]3(O)[C@@H](C(=O)[C@H]2O)[C@]24O[C@]25CC(=O)O[C@@H](c2ccoc2)[C@]5(C)CC[C@H]4[C@]13C. The first-order valence-electron chi connectivity index (χ1n) is 12.9. The molecule has 37 heavy (non-hydrogen) atoms. The van der Waals surface area contributed by atoms with Gasteiger partial charge in [-0.25, -0.2) is 4.79 Å². The zero-order chi connectivity index (χ0) is 26.6. The highest BCUT2D eigenvalue weighted by atomic mass is 16.7. The average Bonchev–Trinajstić information content (AvgIpc) is 3.11. The van der Waals surface area contributed by atoms with Gasteiger partial charge < -0.3 is 33.9 Å². The van der Waals surface area contributed by atoms with E-state index in [0.717, 1.165) is 0 Å². The topological polar surface area (TPSA) is 156 Å². The smallest absolute Gasteiger partial charge is 0.335 e. The van der Waals surface area contributed by atoms with Crippen LogP contribution in [-0.4, -0.2) is 69.2 Å². The van der Waals surface area contributed by atoms with Gasteiger partial charge in [0.1, 0.15) is 23.4 Å². The third-order valence-electron chi connectivity index (χ3n) is 11.9. The summed E-state index contributed by atoms with van der Waals surface area (Å²) in [5.74, 6) is -4.48. The van der Waals surface area contributed by atoms with Crippen LogP contribution in [0.5, 0.6) is 0 Å². The maximum absolute atomic E-state index is 14.0. The minimum Gasteiger partial charge on any atom is -0.472 e. The monoisotopic (exact) mass is 516 g/mol. The van der Waals surface area contributed by atoms with Gasteiger partial charge in [-0.05, 0) is 25.3 Å². The lowest BCUT2D eigenvalue weighted by molar-refractivity contribution is -0.185. The molecule has 6 fully saturated rings. The van der Waals surface area contributed by atoms with Crippen molar-refractivity contribution >= 4 is 17.7 Å². The number of carbonyl (C=O) groups is 3. The van der Waals surface area contributed by atoms with Gasteiger partial charge in [-0.2, -0.15) is 0 Å². The van der Waals surface area contributed by atoms with Crippen molar-refractivity contribution in [1.82, 2.24) is 0 Å². The van der Waals surface area contributed by atoms with E-state index in [-0.39, 0.29) is 12.8 Å². The Kier molecular flexibility index (Phi) is 4.17. The second-order valence-electron chi connectivity index (χ2n) is 12.9. The van der Waals surface area contributed by atoms with Gasteiger partial charge in [-0.1, -0.05) is 20.8 Å². The molecule has 12 atom stereocenters. The van der Waals surface area contributed by atoms with E-state index in [1.807, 2.05) is 6.92 Å². The Morgan fingerprint density at radius 3 is 2.62 bits per heavy atom. The zero-order valence-corrected chi connectivity index (χ0v) is 21.2. The standard InChI is InChI=1S/C27H32O10/c1-22-11-25(33)18(15(29)19(22)31)27-13(24(25,3)17(22)16(30)21(32)34-4)5-7-23(2)20(12-6-8-35-10-12)36-14(28)9-26(23,27)37-27/h6,8,10,13,16-20,30-31,33H,5,7,9,11H2,1-4H3/t13-,16-,17-,18+,19+,20-,22-,23-,24+,25+,26-,27-/m0/s1. The molecule has 0 amide bonds. The second-order valence-corrected chi connectivity index (χ2v) is 12.9. The quantitative estimate of drug-likeness (QED) is 0.392. The molecule has 6 aliphatic rings. The molecule has 1 aromatic rings. The summed E-state index contributed by atoms with van der Waals surface area (Å²) in [4.78, 5) is 39.8. The Hall–Kier alpha value is -2.27. The first-order chi connectivity index (χ1) is 17.3. The summed E-state index contributed by atoms with van der Waals surface area (Å²) in [6, 6.07) is 1.74. The van der Waals surface area contributed by atoms with Gasteiger partial charge in [0, 0.05) is 33.6 Å². The number of esters is 2. The molecule has 1 aromatic heterocycles. The number of hydrogen-bond donors (Lipinski definition) is 3. The lowest BCUT2D eigenvalue weighted by atomic mass is 9.48. The number of ketones is 1. The van der Waals surface area contributed by atoms with Crippen LogP contribution in [0.25, 0.3) is 0 Å². The number of methoxy groups -OCH3 is 1. The van der Waals surface area contributed by atoms with Crippen LogP contribution < -0.4 is 0 Å². The van der Waals surface area contributed by atoms with Gasteiger partial charge in [0.25, 0.3) is 0 Å². The van der Waals surface area contributed by atoms with Crippen molar-refractivity contribution in [2.45, 2.75) is 81.6 Å². The largest absolute Gasteiger partial charge is 0.472 e. The summed E-state index contributed by atoms with van der Waals surface area (Å²) in [7, 11) is 1.17. The summed E-state index contributed by atoms with van der Waals surface area (Å²) < 4.78 is 22.7. The van der Waals surface area contributed by atoms with Crippen LogP contribution in [0.3, 0.4) is 0 Å². The van der Waals surface area contributed by atoms with Crippen LogP contribution in [0.1, 0.15) is 58.1 Å². The van der Waals surface area contributed by atoms with E-state index < -0.39 is 86.8 Å². The third kappa shape index (κ3) is 2.11. The molecule has 200 valence electrons. The maximum atomic E-state index is 14.0. The highest BCUT2D eigenvalue weighted by molar-refractivity contribution is 5.93. The van der Waals surface area contributed by atoms with Crippen LogP contribution in [-0.2, 0) is 28.6 Å². The molecule has 2 aliphatic heterocycles. The molecule has 0 unspecified atom stereocenters. The van der Waals surface area contributed by atoms with Crippen molar-refractivity contribution in [3.05, 3.63) is 24.2 Å². The number of cyclic esters (lactones) is 1. The van der Waals surface area contributed by atoms with Gasteiger partial charge in [0.05, 0.1) is 37.6 Å². The zero-order valence-electron chi connectivity index (χ0n) is 21.2. The molecule has 3 heterocycles. The Morgan fingerprint density at radius 2 is 1.97 bits per heavy atom. The Bertz CT molecular complexity index is 1240. The second kappa shape index (κ2) is 6.47. The van der Waals surface area contributed by atoms with Crippen LogP contribution >= 0.6 is 0 Å². The fourth-order valence-electron chi connectivity index (χ4n) is 10.6. The Morgan fingerprint density at radius 1 is 1.24 bits per heavy atom. The molecule has 7 rings (SSSR count). The number of Topliss-reactive ketones (excluding diaryl/α,β-unsaturated/α-hetero) is 1. The van der Waals surface area contributed by atoms with E-state index in [4.69, 9.17) is 18.6 Å².